The molecule has 0 saturated carbocycles. The number of anilines is 1. The fourth-order valence-electron chi connectivity index (χ4n) is 4.28. The van der Waals surface area contributed by atoms with Crippen LogP contribution in [0.15, 0.2) is 48.3 Å². The predicted octanol–water partition coefficient (Wildman–Crippen LogP) is 4.00. The smallest absolute Gasteiger partial charge is 0.247 e. The third-order valence-electron chi connectivity index (χ3n) is 5.88. The topological polar surface area (TPSA) is 67.2 Å². The van der Waals surface area contributed by atoms with E-state index in [-0.39, 0.29) is 17.9 Å². The highest BCUT2D eigenvalue weighted by molar-refractivity contribution is 5.97. The molecule has 1 atom stereocenters. The van der Waals surface area contributed by atoms with Crippen LogP contribution in [0.25, 0.3) is 5.69 Å². The van der Waals surface area contributed by atoms with Gasteiger partial charge in [0.15, 0.2) is 0 Å². The Labute approximate surface area is 171 Å². The van der Waals surface area contributed by atoms with E-state index in [1.807, 2.05) is 42.0 Å². The van der Waals surface area contributed by atoms with Crippen molar-refractivity contribution in [3.8, 4) is 5.69 Å². The third kappa shape index (κ3) is 4.42. The molecular weight excluding hydrogens is 364 g/mol. The molecule has 6 nitrogen and oxygen atoms in total. The minimum atomic E-state index is -0.373. The summed E-state index contributed by atoms with van der Waals surface area (Å²) in [4.78, 5) is 31.6. The number of hydrogen-bond donors (Lipinski definition) is 1. The lowest BCUT2D eigenvalue weighted by Crippen LogP contribution is -2.43. The zero-order valence-electron chi connectivity index (χ0n) is 16.9. The molecule has 1 aromatic carbocycles. The Bertz CT molecular complexity index is 913. The largest absolute Gasteiger partial charge is 0.330 e. The van der Waals surface area contributed by atoms with Gasteiger partial charge in [0, 0.05) is 36.7 Å². The summed E-state index contributed by atoms with van der Waals surface area (Å²) in [7, 11) is 0. The van der Waals surface area contributed by atoms with Crippen LogP contribution in [0, 0.1) is 6.92 Å². The number of imidazole rings is 1. The summed E-state index contributed by atoms with van der Waals surface area (Å²) in [5.74, 6) is 0.900. The number of amides is 2. The summed E-state index contributed by atoms with van der Waals surface area (Å²) >= 11 is 0. The van der Waals surface area contributed by atoms with Crippen LogP contribution in [-0.4, -0.2) is 38.9 Å². The van der Waals surface area contributed by atoms with Crippen molar-refractivity contribution in [3.63, 3.8) is 0 Å². The van der Waals surface area contributed by atoms with Crippen LogP contribution in [-0.2, 0) is 9.59 Å². The summed E-state index contributed by atoms with van der Waals surface area (Å²) in [6, 6.07) is 7.32. The fraction of sp³-hybridized carbons (Fsp3) is 0.435. The van der Waals surface area contributed by atoms with Gasteiger partial charge in [0.25, 0.3) is 0 Å². The van der Waals surface area contributed by atoms with E-state index in [1.165, 1.54) is 12.0 Å². The van der Waals surface area contributed by atoms with Crippen LogP contribution in [0.2, 0.25) is 0 Å². The number of benzene rings is 1. The van der Waals surface area contributed by atoms with Crippen LogP contribution in [0.1, 0.15) is 50.8 Å². The molecule has 1 aliphatic carbocycles. The van der Waals surface area contributed by atoms with E-state index >= 15 is 0 Å². The lowest BCUT2D eigenvalue weighted by atomic mass is 9.97. The van der Waals surface area contributed by atoms with Gasteiger partial charge in [0.1, 0.15) is 11.9 Å². The maximum absolute atomic E-state index is 12.9. The molecule has 2 aromatic rings. The van der Waals surface area contributed by atoms with Crippen molar-refractivity contribution in [2.45, 2.75) is 57.9 Å². The second-order valence-electron chi connectivity index (χ2n) is 7.91. The molecule has 152 valence electrons. The molecule has 1 fully saturated rings. The second kappa shape index (κ2) is 8.64. The summed E-state index contributed by atoms with van der Waals surface area (Å²) in [5, 5.41) is 2.99. The van der Waals surface area contributed by atoms with Gasteiger partial charge < -0.3 is 14.8 Å². The van der Waals surface area contributed by atoms with Crippen LogP contribution in [0.3, 0.4) is 0 Å². The van der Waals surface area contributed by atoms with E-state index in [1.54, 1.807) is 11.1 Å². The third-order valence-corrected chi connectivity index (χ3v) is 5.88. The zero-order valence-corrected chi connectivity index (χ0v) is 16.9. The van der Waals surface area contributed by atoms with Crippen molar-refractivity contribution in [2.75, 3.05) is 11.9 Å². The molecule has 2 amide bonds. The summed E-state index contributed by atoms with van der Waals surface area (Å²) in [6.07, 6.45) is 12.4. The Morgan fingerprint density at radius 2 is 2.00 bits per heavy atom. The van der Waals surface area contributed by atoms with E-state index in [9.17, 15) is 9.59 Å². The molecule has 0 radical (unpaired) electrons. The number of carbonyl (C=O) groups excluding carboxylic acids is 2. The van der Waals surface area contributed by atoms with Crippen molar-refractivity contribution < 1.29 is 9.59 Å². The lowest BCUT2D eigenvalue weighted by Gasteiger charge is -2.25. The van der Waals surface area contributed by atoms with Gasteiger partial charge in [0.05, 0.1) is 0 Å². The summed E-state index contributed by atoms with van der Waals surface area (Å²) in [5.41, 5.74) is 2.97. The van der Waals surface area contributed by atoms with E-state index in [0.717, 1.165) is 49.3 Å². The van der Waals surface area contributed by atoms with Crippen LogP contribution >= 0.6 is 0 Å². The number of carbonyl (C=O) groups is 2. The van der Waals surface area contributed by atoms with Gasteiger partial charge in [-0.05, 0) is 69.7 Å². The average molecular weight is 393 g/mol. The molecule has 4 rings (SSSR count). The van der Waals surface area contributed by atoms with Gasteiger partial charge in [0.2, 0.25) is 11.8 Å². The highest BCUT2D eigenvalue weighted by Gasteiger charge is 2.34. The Balaban J connectivity index is 1.38. The SMILES string of the molecule is Cc1nccn1-c1ccc(NC(=O)[C@@H]2CCCN2C(=O)CC2=CCCCC2)cc1. The molecule has 2 heterocycles. The monoisotopic (exact) mass is 392 g/mol. The molecule has 1 N–H and O–H groups in total. The van der Waals surface area contributed by atoms with E-state index < -0.39 is 0 Å². The molecular formula is C23H28N4O2. The minimum absolute atomic E-state index is 0.0849. The van der Waals surface area contributed by atoms with Crippen LogP contribution in [0.4, 0.5) is 5.69 Å². The number of nitrogens with zero attached hydrogens (tertiary/aromatic N) is 3. The normalized spacial score (nSPS) is 19.1. The van der Waals surface area contributed by atoms with Gasteiger partial charge in [-0.1, -0.05) is 11.6 Å². The number of likely N-dealkylation sites (tertiary alicyclic amines) is 1. The van der Waals surface area contributed by atoms with Gasteiger partial charge in [-0.15, -0.1) is 0 Å². The highest BCUT2D eigenvalue weighted by Crippen LogP contribution is 2.25. The first-order chi connectivity index (χ1) is 14.1. The van der Waals surface area contributed by atoms with E-state index in [0.29, 0.717) is 13.0 Å². The van der Waals surface area contributed by atoms with Crippen LogP contribution in [0.5, 0.6) is 0 Å². The molecule has 2 aliphatic rings. The maximum Gasteiger partial charge on any atom is 0.247 e. The van der Waals surface area contributed by atoms with Crippen molar-refractivity contribution in [1.29, 1.82) is 0 Å². The van der Waals surface area contributed by atoms with Gasteiger partial charge in [-0.2, -0.15) is 0 Å². The van der Waals surface area contributed by atoms with E-state index in [2.05, 4.69) is 16.4 Å². The Hall–Kier alpha value is -2.89. The van der Waals surface area contributed by atoms with Gasteiger partial charge in [-0.3, -0.25) is 9.59 Å². The quantitative estimate of drug-likeness (QED) is 0.782. The molecule has 1 aliphatic heterocycles. The first kappa shape index (κ1) is 19.4. The first-order valence-corrected chi connectivity index (χ1v) is 10.5. The molecule has 0 spiro atoms. The number of nitrogens with one attached hydrogen (secondary N) is 1. The molecule has 6 heteroatoms. The standard InChI is InChI=1S/C23H28N4O2/c1-17-24-13-15-26(17)20-11-9-19(10-12-20)25-23(29)21-8-5-14-27(21)22(28)16-18-6-3-2-4-7-18/h6,9-13,15,21H,2-5,7-8,14,16H2,1H3,(H,25,29)/t21-/m0/s1. The van der Waals surface area contributed by atoms with E-state index in [4.69, 9.17) is 0 Å². The molecule has 29 heavy (non-hydrogen) atoms. The van der Waals surface area contributed by atoms with Crippen molar-refractivity contribution in [3.05, 3.63) is 54.1 Å². The minimum Gasteiger partial charge on any atom is -0.330 e. The zero-order chi connectivity index (χ0) is 20.2. The number of rotatable bonds is 5. The molecule has 1 saturated heterocycles. The average Bonchev–Trinajstić information content (AvgIpc) is 3.39. The predicted molar refractivity (Wildman–Crippen MR) is 113 cm³/mol. The van der Waals surface area contributed by atoms with Crippen molar-refractivity contribution in [2.24, 2.45) is 0 Å². The Kier molecular flexibility index (Phi) is 5.79. The number of aryl methyl sites for hydroxylation is 1. The highest BCUT2D eigenvalue weighted by atomic mass is 16.2. The maximum atomic E-state index is 12.9. The number of aromatic nitrogens is 2. The molecule has 0 bridgehead atoms. The van der Waals surface area contributed by atoms with Crippen molar-refractivity contribution >= 4 is 17.5 Å². The van der Waals surface area contributed by atoms with Gasteiger partial charge >= 0.3 is 0 Å². The Morgan fingerprint density at radius 3 is 2.69 bits per heavy atom. The number of allylic oxidation sites excluding steroid dienone is 1. The Morgan fingerprint density at radius 1 is 1.17 bits per heavy atom. The fourth-order valence-corrected chi connectivity index (χ4v) is 4.28. The van der Waals surface area contributed by atoms with Crippen LogP contribution < -0.4 is 5.32 Å². The second-order valence-corrected chi connectivity index (χ2v) is 7.91. The summed E-state index contributed by atoms with van der Waals surface area (Å²) < 4.78 is 1.99. The number of hydrogen-bond acceptors (Lipinski definition) is 3. The molecule has 0 unspecified atom stereocenters. The van der Waals surface area contributed by atoms with Crippen molar-refractivity contribution in [1.82, 2.24) is 14.5 Å². The first-order valence-electron chi connectivity index (χ1n) is 10.5. The lowest BCUT2D eigenvalue weighted by molar-refractivity contribution is -0.136. The summed E-state index contributed by atoms with van der Waals surface area (Å²) in [6.45, 7) is 2.62. The van der Waals surface area contributed by atoms with Gasteiger partial charge in [-0.25, -0.2) is 4.98 Å². The molecule has 1 aromatic heterocycles.